The van der Waals surface area contributed by atoms with Gasteiger partial charge >= 0.3 is 0 Å². The minimum atomic E-state index is -0.463. The highest BCUT2D eigenvalue weighted by Crippen LogP contribution is 2.19. The van der Waals surface area contributed by atoms with Crippen molar-refractivity contribution >= 4 is 5.69 Å². The van der Waals surface area contributed by atoms with Crippen molar-refractivity contribution in [1.82, 2.24) is 0 Å². The van der Waals surface area contributed by atoms with E-state index in [0.29, 0.717) is 19.0 Å². The second-order valence-electron chi connectivity index (χ2n) is 3.24. The maximum atomic E-state index is 10.5. The molecule has 1 saturated heterocycles. The van der Waals surface area contributed by atoms with Crippen LogP contribution in [-0.4, -0.2) is 31.0 Å². The summed E-state index contributed by atoms with van der Waals surface area (Å²) in [6, 6.07) is 6.01. The third kappa shape index (κ3) is 2.68. The van der Waals surface area contributed by atoms with Crippen LogP contribution >= 0.6 is 0 Å². The van der Waals surface area contributed by atoms with Crippen molar-refractivity contribution in [2.45, 2.75) is 6.29 Å². The van der Waals surface area contributed by atoms with Crippen LogP contribution in [0.1, 0.15) is 0 Å². The van der Waals surface area contributed by atoms with E-state index in [4.69, 9.17) is 14.2 Å². The predicted octanol–water partition coefficient (Wildman–Crippen LogP) is 1.35. The molecule has 0 aliphatic carbocycles. The number of nitrogens with zero attached hydrogens (tertiary/aromatic N) is 1. The first-order valence-electron chi connectivity index (χ1n) is 4.86. The summed E-state index contributed by atoms with van der Waals surface area (Å²) in [7, 11) is 0. The Labute approximate surface area is 91.9 Å². The van der Waals surface area contributed by atoms with Gasteiger partial charge in [0.05, 0.1) is 24.2 Å². The molecule has 1 aromatic rings. The highest BCUT2D eigenvalue weighted by Gasteiger charge is 2.16. The van der Waals surface area contributed by atoms with Gasteiger partial charge in [-0.1, -0.05) is 6.07 Å². The number of nitro benzene ring substituents is 1. The second kappa shape index (κ2) is 4.91. The van der Waals surface area contributed by atoms with E-state index in [1.165, 1.54) is 12.1 Å². The summed E-state index contributed by atoms with van der Waals surface area (Å²) < 4.78 is 15.7. The minimum absolute atomic E-state index is 0.00533. The molecule has 6 nitrogen and oxygen atoms in total. The fourth-order valence-electron chi connectivity index (χ4n) is 1.35. The standard InChI is InChI=1S/C10H11NO5/c12-11(13)8-2-1-3-9(6-8)16-7-10-14-4-5-15-10/h1-3,6,10H,4-5,7H2. The van der Waals surface area contributed by atoms with E-state index >= 15 is 0 Å². The van der Waals surface area contributed by atoms with E-state index in [-0.39, 0.29) is 18.6 Å². The van der Waals surface area contributed by atoms with Crippen molar-refractivity contribution in [3.05, 3.63) is 34.4 Å². The molecule has 6 heteroatoms. The zero-order valence-electron chi connectivity index (χ0n) is 8.50. The molecular formula is C10H11NO5. The molecule has 16 heavy (non-hydrogen) atoms. The molecule has 1 aromatic carbocycles. The van der Waals surface area contributed by atoms with Crippen LogP contribution in [-0.2, 0) is 9.47 Å². The molecule has 0 bridgehead atoms. The SMILES string of the molecule is O=[N+]([O-])c1cccc(OCC2OCCO2)c1. The number of benzene rings is 1. The summed E-state index contributed by atoms with van der Waals surface area (Å²) in [6.07, 6.45) is -0.376. The quantitative estimate of drug-likeness (QED) is 0.571. The molecule has 1 aliphatic heterocycles. The summed E-state index contributed by atoms with van der Waals surface area (Å²) in [5.41, 5.74) is 0.00533. The Morgan fingerprint density at radius 3 is 2.88 bits per heavy atom. The Hall–Kier alpha value is -1.66. The molecular weight excluding hydrogens is 214 g/mol. The maximum Gasteiger partial charge on any atom is 0.273 e. The number of rotatable bonds is 4. The molecule has 0 N–H and O–H groups in total. The zero-order chi connectivity index (χ0) is 11.4. The van der Waals surface area contributed by atoms with E-state index in [2.05, 4.69) is 0 Å². The Kier molecular flexibility index (Phi) is 3.33. The smallest absolute Gasteiger partial charge is 0.273 e. The molecule has 0 unspecified atom stereocenters. The lowest BCUT2D eigenvalue weighted by molar-refractivity contribution is -0.384. The molecule has 0 saturated carbocycles. The Balaban J connectivity index is 1.93. The fourth-order valence-corrected chi connectivity index (χ4v) is 1.35. The fraction of sp³-hybridized carbons (Fsp3) is 0.400. The van der Waals surface area contributed by atoms with E-state index in [1.807, 2.05) is 0 Å². The van der Waals surface area contributed by atoms with Crippen LogP contribution in [0.25, 0.3) is 0 Å². The highest BCUT2D eigenvalue weighted by molar-refractivity contribution is 5.37. The van der Waals surface area contributed by atoms with Crippen LogP contribution in [0, 0.1) is 10.1 Å². The van der Waals surface area contributed by atoms with Crippen molar-refractivity contribution in [2.24, 2.45) is 0 Å². The van der Waals surface area contributed by atoms with Crippen LogP contribution in [0.5, 0.6) is 5.75 Å². The van der Waals surface area contributed by atoms with E-state index in [9.17, 15) is 10.1 Å². The van der Waals surface area contributed by atoms with Crippen LogP contribution in [0.4, 0.5) is 5.69 Å². The molecule has 86 valence electrons. The van der Waals surface area contributed by atoms with Gasteiger partial charge in [0, 0.05) is 6.07 Å². The molecule has 0 atom stereocenters. The molecule has 1 aliphatic rings. The average molecular weight is 225 g/mol. The van der Waals surface area contributed by atoms with Gasteiger partial charge in [0.15, 0.2) is 6.29 Å². The normalized spacial score (nSPS) is 16.2. The van der Waals surface area contributed by atoms with Crippen LogP contribution < -0.4 is 4.74 Å². The van der Waals surface area contributed by atoms with Crippen LogP contribution in [0.3, 0.4) is 0 Å². The third-order valence-corrected chi connectivity index (χ3v) is 2.11. The lowest BCUT2D eigenvalue weighted by Crippen LogP contribution is -2.18. The lowest BCUT2D eigenvalue weighted by atomic mass is 10.3. The number of non-ortho nitro benzene ring substituents is 1. The molecule has 0 spiro atoms. The van der Waals surface area contributed by atoms with Gasteiger partial charge in [0.1, 0.15) is 12.4 Å². The van der Waals surface area contributed by atoms with Crippen molar-refractivity contribution in [1.29, 1.82) is 0 Å². The van der Waals surface area contributed by atoms with Gasteiger partial charge < -0.3 is 14.2 Å². The largest absolute Gasteiger partial charge is 0.488 e. The summed E-state index contributed by atoms with van der Waals surface area (Å²) in [6.45, 7) is 1.35. The molecule has 0 amide bonds. The third-order valence-electron chi connectivity index (χ3n) is 2.11. The van der Waals surface area contributed by atoms with Crippen LogP contribution in [0.2, 0.25) is 0 Å². The van der Waals surface area contributed by atoms with E-state index in [1.54, 1.807) is 12.1 Å². The van der Waals surface area contributed by atoms with Gasteiger partial charge in [0.2, 0.25) is 0 Å². The Morgan fingerprint density at radius 1 is 1.44 bits per heavy atom. The summed E-state index contributed by atoms with van der Waals surface area (Å²) in [5.74, 6) is 0.438. The minimum Gasteiger partial charge on any atom is -0.488 e. The number of nitro groups is 1. The van der Waals surface area contributed by atoms with Crippen molar-refractivity contribution < 1.29 is 19.1 Å². The first-order chi connectivity index (χ1) is 7.75. The highest BCUT2D eigenvalue weighted by atomic mass is 16.7. The molecule has 0 radical (unpaired) electrons. The van der Waals surface area contributed by atoms with Gasteiger partial charge in [0.25, 0.3) is 5.69 Å². The van der Waals surface area contributed by atoms with Gasteiger partial charge in [-0.05, 0) is 6.07 Å². The van der Waals surface area contributed by atoms with Gasteiger partial charge in [-0.25, -0.2) is 0 Å². The van der Waals surface area contributed by atoms with Gasteiger partial charge in [-0.2, -0.15) is 0 Å². The number of ether oxygens (including phenoxy) is 3. The van der Waals surface area contributed by atoms with Crippen molar-refractivity contribution in [2.75, 3.05) is 19.8 Å². The van der Waals surface area contributed by atoms with E-state index in [0.717, 1.165) is 0 Å². The predicted molar refractivity (Wildman–Crippen MR) is 54.3 cm³/mol. The first-order valence-corrected chi connectivity index (χ1v) is 4.86. The second-order valence-corrected chi connectivity index (χ2v) is 3.24. The van der Waals surface area contributed by atoms with E-state index < -0.39 is 4.92 Å². The zero-order valence-corrected chi connectivity index (χ0v) is 8.50. The monoisotopic (exact) mass is 225 g/mol. The molecule has 1 fully saturated rings. The maximum absolute atomic E-state index is 10.5. The molecule has 1 heterocycles. The summed E-state index contributed by atoms with van der Waals surface area (Å²) in [4.78, 5) is 10.1. The Morgan fingerprint density at radius 2 is 2.19 bits per heavy atom. The average Bonchev–Trinajstić information content (AvgIpc) is 2.79. The lowest BCUT2D eigenvalue weighted by Gasteiger charge is -2.10. The first kappa shape index (κ1) is 10.8. The van der Waals surface area contributed by atoms with Gasteiger partial charge in [-0.15, -0.1) is 0 Å². The van der Waals surface area contributed by atoms with Crippen LogP contribution in [0.15, 0.2) is 24.3 Å². The molecule has 0 aromatic heterocycles. The number of hydrogen-bond donors (Lipinski definition) is 0. The molecule has 2 rings (SSSR count). The Bertz CT molecular complexity index is 375. The van der Waals surface area contributed by atoms with Crippen molar-refractivity contribution in [3.8, 4) is 5.75 Å². The van der Waals surface area contributed by atoms with Gasteiger partial charge in [-0.3, -0.25) is 10.1 Å². The van der Waals surface area contributed by atoms with Crippen molar-refractivity contribution in [3.63, 3.8) is 0 Å². The number of hydrogen-bond acceptors (Lipinski definition) is 5. The summed E-state index contributed by atoms with van der Waals surface area (Å²) >= 11 is 0. The summed E-state index contributed by atoms with van der Waals surface area (Å²) in [5, 5.41) is 10.5. The topological polar surface area (TPSA) is 70.8 Å².